The molecule has 0 unspecified atom stereocenters. The molecule has 0 bridgehead atoms. The fourth-order valence-electron chi connectivity index (χ4n) is 4.33. The monoisotopic (exact) mass is 325 g/mol. The minimum atomic E-state index is 0.715. The van der Waals surface area contributed by atoms with Crippen LogP contribution < -0.4 is 0 Å². The van der Waals surface area contributed by atoms with Crippen molar-refractivity contribution in [3.05, 3.63) is 36.5 Å². The fourth-order valence-corrected chi connectivity index (χ4v) is 4.33. The van der Waals surface area contributed by atoms with Crippen LogP contribution in [-0.2, 0) is 0 Å². The summed E-state index contributed by atoms with van der Waals surface area (Å²) < 4.78 is 0. The van der Waals surface area contributed by atoms with Crippen molar-refractivity contribution >= 4 is 0 Å². The smallest absolute Gasteiger partial charge is 0.0912 e. The SMILES string of the molecule is CCCC[C@H]1CC[C@H](/C=C/C2CCC(C=CC=CC#N)CC2)CC1. The quantitative estimate of drug-likeness (QED) is 0.281. The first kappa shape index (κ1) is 19.0. The zero-order chi connectivity index (χ0) is 17.0. The van der Waals surface area contributed by atoms with Crippen molar-refractivity contribution in [1.82, 2.24) is 0 Å². The van der Waals surface area contributed by atoms with Gasteiger partial charge in [-0.2, -0.15) is 5.26 Å². The van der Waals surface area contributed by atoms with Crippen LogP contribution in [0.2, 0.25) is 0 Å². The summed E-state index contributed by atoms with van der Waals surface area (Å²) in [5, 5.41) is 8.48. The summed E-state index contributed by atoms with van der Waals surface area (Å²) in [6.45, 7) is 2.31. The maximum atomic E-state index is 8.48. The van der Waals surface area contributed by atoms with E-state index in [-0.39, 0.29) is 0 Å². The van der Waals surface area contributed by atoms with Crippen LogP contribution in [0.15, 0.2) is 36.5 Å². The van der Waals surface area contributed by atoms with Gasteiger partial charge in [0.05, 0.1) is 6.07 Å². The predicted molar refractivity (Wildman–Crippen MR) is 103 cm³/mol. The third-order valence-corrected chi connectivity index (χ3v) is 5.99. The van der Waals surface area contributed by atoms with Crippen LogP contribution in [-0.4, -0.2) is 0 Å². The molecule has 0 aliphatic heterocycles. The van der Waals surface area contributed by atoms with Gasteiger partial charge in [0.1, 0.15) is 0 Å². The molecule has 1 heteroatoms. The number of hydrogen-bond donors (Lipinski definition) is 0. The van der Waals surface area contributed by atoms with Crippen molar-refractivity contribution in [2.24, 2.45) is 23.7 Å². The van der Waals surface area contributed by atoms with Gasteiger partial charge in [-0.3, -0.25) is 0 Å². The Hall–Kier alpha value is -1.29. The summed E-state index contributed by atoms with van der Waals surface area (Å²) in [7, 11) is 0. The molecule has 2 rings (SSSR count). The molecule has 0 heterocycles. The largest absolute Gasteiger partial charge is 0.193 e. The van der Waals surface area contributed by atoms with E-state index in [4.69, 9.17) is 5.26 Å². The van der Waals surface area contributed by atoms with E-state index in [1.165, 1.54) is 70.6 Å². The summed E-state index contributed by atoms with van der Waals surface area (Å²) in [5.41, 5.74) is 0. The highest BCUT2D eigenvalue weighted by molar-refractivity contribution is 5.12. The third kappa shape index (κ3) is 7.08. The van der Waals surface area contributed by atoms with E-state index >= 15 is 0 Å². The van der Waals surface area contributed by atoms with E-state index in [9.17, 15) is 0 Å². The van der Waals surface area contributed by atoms with Crippen molar-refractivity contribution in [2.75, 3.05) is 0 Å². The minimum absolute atomic E-state index is 0.715. The molecule has 2 fully saturated rings. The Morgan fingerprint density at radius 1 is 0.792 bits per heavy atom. The second-order valence-electron chi connectivity index (χ2n) is 7.86. The Morgan fingerprint density at radius 3 is 1.88 bits per heavy atom. The molecule has 24 heavy (non-hydrogen) atoms. The van der Waals surface area contributed by atoms with Crippen molar-refractivity contribution in [1.29, 1.82) is 5.26 Å². The Balaban J connectivity index is 1.63. The first-order valence-corrected chi connectivity index (χ1v) is 10.2. The van der Waals surface area contributed by atoms with Crippen molar-refractivity contribution in [3.8, 4) is 6.07 Å². The van der Waals surface area contributed by atoms with Gasteiger partial charge < -0.3 is 0 Å². The Labute approximate surface area is 149 Å². The fraction of sp³-hybridized carbons (Fsp3) is 0.696. The molecular weight excluding hydrogens is 290 g/mol. The summed E-state index contributed by atoms with van der Waals surface area (Å²) in [6.07, 6.45) is 28.1. The van der Waals surface area contributed by atoms with Crippen molar-refractivity contribution in [2.45, 2.75) is 77.6 Å². The number of hydrogen-bond acceptors (Lipinski definition) is 1. The van der Waals surface area contributed by atoms with E-state index in [1.54, 1.807) is 6.08 Å². The lowest BCUT2D eigenvalue weighted by atomic mass is 9.78. The molecular formula is C23H35N. The first-order valence-electron chi connectivity index (χ1n) is 10.2. The molecule has 2 aliphatic rings. The molecule has 0 N–H and O–H groups in total. The average Bonchev–Trinajstić information content (AvgIpc) is 2.64. The van der Waals surface area contributed by atoms with Gasteiger partial charge in [-0.1, -0.05) is 56.6 Å². The van der Waals surface area contributed by atoms with Crippen LogP contribution in [0, 0.1) is 35.0 Å². The van der Waals surface area contributed by atoms with E-state index < -0.39 is 0 Å². The van der Waals surface area contributed by atoms with Gasteiger partial charge in [0, 0.05) is 6.08 Å². The molecule has 2 aliphatic carbocycles. The zero-order valence-electron chi connectivity index (χ0n) is 15.5. The van der Waals surface area contributed by atoms with E-state index in [0.717, 1.165) is 17.8 Å². The van der Waals surface area contributed by atoms with Crippen LogP contribution in [0.5, 0.6) is 0 Å². The summed E-state index contributed by atoms with van der Waals surface area (Å²) in [4.78, 5) is 0. The van der Waals surface area contributed by atoms with Gasteiger partial charge in [0.2, 0.25) is 0 Å². The molecule has 132 valence electrons. The van der Waals surface area contributed by atoms with Gasteiger partial charge in [0.25, 0.3) is 0 Å². The van der Waals surface area contributed by atoms with Crippen LogP contribution in [0.3, 0.4) is 0 Å². The lowest BCUT2D eigenvalue weighted by Crippen LogP contribution is -2.14. The van der Waals surface area contributed by atoms with Crippen LogP contribution in [0.1, 0.15) is 77.6 Å². The Kier molecular flexibility index (Phi) is 8.96. The normalized spacial score (nSPS) is 31.8. The lowest BCUT2D eigenvalue weighted by molar-refractivity contribution is 0.289. The first-order chi connectivity index (χ1) is 11.8. The lowest BCUT2D eigenvalue weighted by Gasteiger charge is -2.28. The van der Waals surface area contributed by atoms with E-state index in [2.05, 4.69) is 25.2 Å². The molecule has 0 aromatic heterocycles. The van der Waals surface area contributed by atoms with Crippen molar-refractivity contribution < 1.29 is 0 Å². The van der Waals surface area contributed by atoms with Gasteiger partial charge in [-0.05, 0) is 75.0 Å². The highest BCUT2D eigenvalue weighted by Gasteiger charge is 2.20. The molecule has 0 radical (unpaired) electrons. The number of unbranched alkanes of at least 4 members (excludes halogenated alkanes) is 1. The van der Waals surface area contributed by atoms with Crippen LogP contribution >= 0.6 is 0 Å². The second-order valence-corrected chi connectivity index (χ2v) is 7.86. The molecule has 0 atom stereocenters. The maximum absolute atomic E-state index is 8.48. The molecule has 1 nitrogen and oxygen atoms in total. The highest BCUT2D eigenvalue weighted by atomic mass is 14.3. The van der Waals surface area contributed by atoms with Crippen molar-refractivity contribution in [3.63, 3.8) is 0 Å². The molecule has 2 saturated carbocycles. The number of nitriles is 1. The Morgan fingerprint density at radius 2 is 1.33 bits per heavy atom. The van der Waals surface area contributed by atoms with E-state index in [0.29, 0.717) is 5.92 Å². The van der Waals surface area contributed by atoms with Gasteiger partial charge >= 0.3 is 0 Å². The molecule has 0 amide bonds. The third-order valence-electron chi connectivity index (χ3n) is 5.99. The predicted octanol–water partition coefficient (Wildman–Crippen LogP) is 6.98. The highest BCUT2D eigenvalue weighted by Crippen LogP contribution is 2.34. The summed E-state index contributed by atoms with van der Waals surface area (Å²) in [6, 6.07) is 2.03. The topological polar surface area (TPSA) is 23.8 Å². The molecule has 0 aromatic rings. The molecule has 0 saturated heterocycles. The summed E-state index contributed by atoms with van der Waals surface area (Å²) >= 11 is 0. The van der Waals surface area contributed by atoms with Crippen LogP contribution in [0.25, 0.3) is 0 Å². The second kappa shape index (κ2) is 11.3. The number of rotatable bonds is 7. The standard InChI is InChI=1S/C23H35N/c1-2-3-7-20-9-13-22(14-10-20)17-18-23-15-11-21(12-16-23)8-5-4-6-19-24/h4-6,8,17-18,20-23H,2-3,7,9-16H2,1H3/b6-4?,8-5?,18-17+/t20-,21?,22-,23?. The average molecular weight is 326 g/mol. The minimum Gasteiger partial charge on any atom is -0.193 e. The Bertz CT molecular complexity index is 449. The number of allylic oxidation sites excluding steroid dienone is 6. The van der Waals surface area contributed by atoms with E-state index in [1.807, 2.05) is 18.2 Å². The molecule has 0 aromatic carbocycles. The van der Waals surface area contributed by atoms with Gasteiger partial charge in [0.15, 0.2) is 0 Å². The summed E-state index contributed by atoms with van der Waals surface area (Å²) in [5.74, 6) is 3.40. The van der Waals surface area contributed by atoms with Crippen LogP contribution in [0.4, 0.5) is 0 Å². The number of nitrogens with zero attached hydrogens (tertiary/aromatic N) is 1. The maximum Gasteiger partial charge on any atom is 0.0912 e. The van der Waals surface area contributed by atoms with Gasteiger partial charge in [-0.15, -0.1) is 0 Å². The molecule has 0 spiro atoms. The zero-order valence-corrected chi connectivity index (χ0v) is 15.5. The van der Waals surface area contributed by atoms with Gasteiger partial charge in [-0.25, -0.2) is 0 Å².